The van der Waals surface area contributed by atoms with Crippen LogP contribution in [-0.4, -0.2) is 4.98 Å². The first kappa shape index (κ1) is 10.9. The number of hydrogen-bond donors (Lipinski definition) is 1. The molecule has 1 heterocycles. The van der Waals surface area contributed by atoms with Gasteiger partial charge < -0.3 is 4.98 Å². The van der Waals surface area contributed by atoms with E-state index in [1.807, 2.05) is 42.6 Å². The molecule has 0 saturated heterocycles. The third-order valence-electron chi connectivity index (χ3n) is 2.81. The summed E-state index contributed by atoms with van der Waals surface area (Å²) in [5, 5.41) is 1.93. The van der Waals surface area contributed by atoms with Crippen LogP contribution in [0.1, 0.15) is 0 Å². The summed E-state index contributed by atoms with van der Waals surface area (Å²) in [5.41, 5.74) is 3.42. The van der Waals surface area contributed by atoms with Gasteiger partial charge in [0, 0.05) is 32.2 Å². The lowest BCUT2D eigenvalue weighted by Gasteiger charge is -2.02. The van der Waals surface area contributed by atoms with Gasteiger partial charge in [0.2, 0.25) is 0 Å². The van der Waals surface area contributed by atoms with Gasteiger partial charge in [0.05, 0.1) is 0 Å². The lowest BCUT2D eigenvalue weighted by molar-refractivity contribution is 1.47. The molecule has 0 saturated carbocycles. The van der Waals surface area contributed by atoms with Crippen molar-refractivity contribution >= 4 is 38.4 Å². The number of nitrogens with one attached hydrogen (secondary N) is 1. The quantitative estimate of drug-likeness (QED) is 0.632. The number of fused-ring (bicyclic) bond motifs is 1. The summed E-state index contributed by atoms with van der Waals surface area (Å²) in [7, 11) is 0. The highest BCUT2D eigenvalue weighted by Gasteiger charge is 2.08. The first-order valence-corrected chi connectivity index (χ1v) is 6.44. The Labute approximate surface area is 113 Å². The van der Waals surface area contributed by atoms with Gasteiger partial charge in [0.1, 0.15) is 0 Å². The molecule has 0 bridgehead atoms. The number of aromatic nitrogens is 1. The van der Waals surface area contributed by atoms with Crippen molar-refractivity contribution in [3.8, 4) is 11.1 Å². The number of hydrogen-bond acceptors (Lipinski definition) is 0. The van der Waals surface area contributed by atoms with Gasteiger partial charge in [-0.25, -0.2) is 0 Å². The average molecular weight is 307 g/mol. The van der Waals surface area contributed by atoms with Crippen molar-refractivity contribution in [1.82, 2.24) is 4.98 Å². The van der Waals surface area contributed by atoms with Crippen LogP contribution in [0.2, 0.25) is 5.02 Å². The molecule has 3 heteroatoms. The topological polar surface area (TPSA) is 15.8 Å². The molecule has 1 N–H and O–H groups in total. The van der Waals surface area contributed by atoms with Crippen molar-refractivity contribution in [2.45, 2.75) is 0 Å². The SMILES string of the molecule is Clc1ccc2c(-c3ccccc3Br)c[nH]c2c1. The fourth-order valence-corrected chi connectivity index (χ4v) is 2.67. The van der Waals surface area contributed by atoms with E-state index in [-0.39, 0.29) is 0 Å². The van der Waals surface area contributed by atoms with Gasteiger partial charge in [-0.1, -0.05) is 51.8 Å². The smallest absolute Gasteiger partial charge is 0.0475 e. The third kappa shape index (κ3) is 1.88. The molecule has 0 fully saturated rings. The Balaban J connectivity index is 2.29. The maximum absolute atomic E-state index is 5.98. The maximum Gasteiger partial charge on any atom is 0.0475 e. The lowest BCUT2D eigenvalue weighted by atomic mass is 10.1. The van der Waals surface area contributed by atoms with Crippen molar-refractivity contribution in [2.24, 2.45) is 0 Å². The standard InChI is InChI=1S/C14H9BrClN/c15-13-4-2-1-3-10(13)12-8-17-14-7-9(16)5-6-11(12)14/h1-8,17H. The van der Waals surface area contributed by atoms with Crippen molar-refractivity contribution in [1.29, 1.82) is 0 Å². The highest BCUT2D eigenvalue weighted by atomic mass is 79.9. The second kappa shape index (κ2) is 4.21. The van der Waals surface area contributed by atoms with Crippen LogP contribution < -0.4 is 0 Å². The van der Waals surface area contributed by atoms with Crippen LogP contribution in [0, 0.1) is 0 Å². The molecule has 0 amide bonds. The summed E-state index contributed by atoms with van der Waals surface area (Å²) in [4.78, 5) is 3.25. The Morgan fingerprint density at radius 1 is 1.00 bits per heavy atom. The van der Waals surface area contributed by atoms with Crippen LogP contribution >= 0.6 is 27.5 Å². The third-order valence-corrected chi connectivity index (χ3v) is 3.73. The Hall–Kier alpha value is -1.25. The summed E-state index contributed by atoms with van der Waals surface area (Å²) in [5.74, 6) is 0. The summed E-state index contributed by atoms with van der Waals surface area (Å²) in [6.45, 7) is 0. The molecule has 3 aromatic rings. The largest absolute Gasteiger partial charge is 0.360 e. The van der Waals surface area contributed by atoms with Crippen LogP contribution in [-0.2, 0) is 0 Å². The number of benzene rings is 2. The highest BCUT2D eigenvalue weighted by molar-refractivity contribution is 9.10. The molecular formula is C14H9BrClN. The van der Waals surface area contributed by atoms with Crippen molar-refractivity contribution < 1.29 is 0 Å². The molecular weight excluding hydrogens is 298 g/mol. The molecule has 0 aliphatic rings. The van der Waals surface area contributed by atoms with Crippen LogP contribution in [0.25, 0.3) is 22.0 Å². The minimum absolute atomic E-state index is 0.748. The molecule has 0 radical (unpaired) electrons. The van der Waals surface area contributed by atoms with Gasteiger partial charge in [0.25, 0.3) is 0 Å². The minimum Gasteiger partial charge on any atom is -0.360 e. The monoisotopic (exact) mass is 305 g/mol. The Kier molecular flexibility index (Phi) is 2.69. The second-order valence-corrected chi connectivity index (χ2v) is 5.16. The number of rotatable bonds is 1. The van der Waals surface area contributed by atoms with Gasteiger partial charge >= 0.3 is 0 Å². The zero-order chi connectivity index (χ0) is 11.8. The van der Waals surface area contributed by atoms with Crippen LogP contribution in [0.4, 0.5) is 0 Å². The number of halogens is 2. The Bertz CT molecular complexity index is 688. The van der Waals surface area contributed by atoms with Crippen LogP contribution in [0.3, 0.4) is 0 Å². The molecule has 0 aliphatic heterocycles. The van der Waals surface area contributed by atoms with Gasteiger partial charge in [-0.15, -0.1) is 0 Å². The normalized spacial score (nSPS) is 10.9. The van der Waals surface area contributed by atoms with Gasteiger partial charge in [-0.05, 0) is 23.8 Å². The Morgan fingerprint density at radius 2 is 1.82 bits per heavy atom. The molecule has 84 valence electrons. The van der Waals surface area contributed by atoms with Gasteiger partial charge in [-0.2, -0.15) is 0 Å². The van der Waals surface area contributed by atoms with E-state index >= 15 is 0 Å². The first-order valence-electron chi connectivity index (χ1n) is 5.27. The molecule has 2 aromatic carbocycles. The van der Waals surface area contributed by atoms with Crippen LogP contribution in [0.15, 0.2) is 53.1 Å². The number of aromatic amines is 1. The van der Waals surface area contributed by atoms with E-state index in [1.54, 1.807) is 0 Å². The molecule has 0 unspecified atom stereocenters. The highest BCUT2D eigenvalue weighted by Crippen LogP contribution is 2.34. The van der Waals surface area contributed by atoms with Gasteiger partial charge in [-0.3, -0.25) is 0 Å². The zero-order valence-corrected chi connectivity index (χ0v) is 11.2. The summed E-state index contributed by atoms with van der Waals surface area (Å²) in [6, 6.07) is 14.1. The Morgan fingerprint density at radius 3 is 2.65 bits per heavy atom. The number of H-pyrrole nitrogens is 1. The van der Waals surface area contributed by atoms with E-state index in [1.165, 1.54) is 16.5 Å². The first-order chi connectivity index (χ1) is 8.25. The summed E-state index contributed by atoms with van der Waals surface area (Å²) in [6.07, 6.45) is 2.01. The van der Waals surface area contributed by atoms with E-state index in [4.69, 9.17) is 11.6 Å². The fraction of sp³-hybridized carbons (Fsp3) is 0. The second-order valence-electron chi connectivity index (χ2n) is 3.87. The lowest BCUT2D eigenvalue weighted by Crippen LogP contribution is -1.77. The molecule has 1 aromatic heterocycles. The fourth-order valence-electron chi connectivity index (χ4n) is 2.00. The minimum atomic E-state index is 0.748. The van der Waals surface area contributed by atoms with Crippen molar-refractivity contribution in [3.63, 3.8) is 0 Å². The van der Waals surface area contributed by atoms with Crippen molar-refractivity contribution in [3.05, 3.63) is 58.2 Å². The molecule has 0 atom stereocenters. The molecule has 3 rings (SSSR count). The van der Waals surface area contributed by atoms with Crippen LogP contribution in [0.5, 0.6) is 0 Å². The molecule has 1 nitrogen and oxygen atoms in total. The summed E-state index contributed by atoms with van der Waals surface area (Å²) >= 11 is 9.55. The van der Waals surface area contributed by atoms with Gasteiger partial charge in [0.15, 0.2) is 0 Å². The van der Waals surface area contributed by atoms with E-state index in [9.17, 15) is 0 Å². The molecule has 0 aliphatic carbocycles. The van der Waals surface area contributed by atoms with E-state index < -0.39 is 0 Å². The van der Waals surface area contributed by atoms with E-state index in [0.717, 1.165) is 15.0 Å². The molecule has 17 heavy (non-hydrogen) atoms. The predicted octanol–water partition coefficient (Wildman–Crippen LogP) is 5.25. The van der Waals surface area contributed by atoms with E-state index in [0.29, 0.717) is 0 Å². The van der Waals surface area contributed by atoms with Crippen molar-refractivity contribution in [2.75, 3.05) is 0 Å². The molecule has 0 spiro atoms. The van der Waals surface area contributed by atoms with E-state index in [2.05, 4.69) is 27.0 Å². The zero-order valence-electron chi connectivity index (χ0n) is 8.87. The predicted molar refractivity (Wildman–Crippen MR) is 76.4 cm³/mol. The summed E-state index contributed by atoms with van der Waals surface area (Å²) < 4.78 is 1.09. The average Bonchev–Trinajstić information content (AvgIpc) is 2.72. The maximum atomic E-state index is 5.98.